The summed E-state index contributed by atoms with van der Waals surface area (Å²) in [4.78, 5) is 0. The maximum absolute atomic E-state index is 10.7. The highest BCUT2D eigenvalue weighted by Gasteiger charge is 2.38. The number of hydrogen-bond donors (Lipinski definition) is 2. The average molecular weight is 282 g/mol. The van der Waals surface area contributed by atoms with Gasteiger partial charge in [0.25, 0.3) is 0 Å². The van der Waals surface area contributed by atoms with E-state index in [1.54, 1.807) is 0 Å². The van der Waals surface area contributed by atoms with E-state index in [1.807, 2.05) is 13.0 Å². The molecule has 0 spiro atoms. The number of phenols is 1. The first-order chi connectivity index (χ1) is 8.93. The summed E-state index contributed by atoms with van der Waals surface area (Å²) in [7, 11) is 0. The number of halogens is 1. The summed E-state index contributed by atoms with van der Waals surface area (Å²) in [5.41, 5.74) is 8.92. The first-order valence-corrected chi connectivity index (χ1v) is 7.53. The third-order valence-electron chi connectivity index (χ3n) is 4.63. The zero-order valence-corrected chi connectivity index (χ0v) is 12.8. The molecule has 2 rings (SSSR count). The maximum atomic E-state index is 10.7. The van der Waals surface area contributed by atoms with Gasteiger partial charge in [0.15, 0.2) is 0 Å². The van der Waals surface area contributed by atoms with Gasteiger partial charge in [-0.2, -0.15) is 0 Å². The number of benzene rings is 1. The lowest BCUT2D eigenvalue weighted by molar-refractivity contribution is 0.398. The van der Waals surface area contributed by atoms with Crippen molar-refractivity contribution in [3.05, 3.63) is 27.8 Å². The van der Waals surface area contributed by atoms with E-state index >= 15 is 0 Å². The van der Waals surface area contributed by atoms with E-state index in [4.69, 9.17) is 17.3 Å². The van der Waals surface area contributed by atoms with Crippen LogP contribution in [0.5, 0.6) is 5.75 Å². The van der Waals surface area contributed by atoms with E-state index < -0.39 is 0 Å². The van der Waals surface area contributed by atoms with Crippen LogP contribution < -0.4 is 5.73 Å². The van der Waals surface area contributed by atoms with Crippen LogP contribution in [0, 0.1) is 6.92 Å². The van der Waals surface area contributed by atoms with E-state index in [-0.39, 0.29) is 11.3 Å². The van der Waals surface area contributed by atoms with Gasteiger partial charge >= 0.3 is 0 Å². The molecule has 106 valence electrons. The minimum absolute atomic E-state index is 0.0806. The molecule has 2 nitrogen and oxygen atoms in total. The Balaban J connectivity index is 2.67. The predicted molar refractivity (Wildman–Crippen MR) is 81.1 cm³/mol. The number of nitrogens with two attached hydrogens (primary N) is 1. The summed E-state index contributed by atoms with van der Waals surface area (Å²) in [6, 6.07) is 1.90. The van der Waals surface area contributed by atoms with Crippen molar-refractivity contribution in [3.8, 4) is 5.75 Å². The minimum atomic E-state index is -0.0806. The Morgan fingerprint density at radius 2 is 1.95 bits per heavy atom. The van der Waals surface area contributed by atoms with E-state index in [0.717, 1.165) is 34.6 Å². The third kappa shape index (κ3) is 2.36. The van der Waals surface area contributed by atoms with Gasteiger partial charge in [0.05, 0.1) is 0 Å². The van der Waals surface area contributed by atoms with Crippen LogP contribution in [0.1, 0.15) is 62.1 Å². The van der Waals surface area contributed by atoms with Crippen molar-refractivity contribution in [1.29, 1.82) is 0 Å². The Morgan fingerprint density at radius 1 is 1.37 bits per heavy atom. The quantitative estimate of drug-likeness (QED) is 0.870. The van der Waals surface area contributed by atoms with Crippen LogP contribution >= 0.6 is 11.6 Å². The zero-order valence-electron chi connectivity index (χ0n) is 12.1. The summed E-state index contributed by atoms with van der Waals surface area (Å²) in [5.74, 6) is 0.678. The van der Waals surface area contributed by atoms with Crippen molar-refractivity contribution >= 4 is 11.6 Å². The van der Waals surface area contributed by atoms with Crippen LogP contribution in [0.2, 0.25) is 5.02 Å². The van der Waals surface area contributed by atoms with Crippen LogP contribution in [0.15, 0.2) is 6.07 Å². The third-order valence-corrected chi connectivity index (χ3v) is 5.02. The van der Waals surface area contributed by atoms with Crippen LogP contribution in [-0.2, 0) is 5.41 Å². The topological polar surface area (TPSA) is 46.2 Å². The van der Waals surface area contributed by atoms with E-state index in [2.05, 4.69) is 13.8 Å². The van der Waals surface area contributed by atoms with Gasteiger partial charge in [0.1, 0.15) is 5.75 Å². The molecule has 1 aromatic rings. The number of aromatic hydroxyl groups is 1. The molecule has 1 aliphatic carbocycles. The molecule has 1 aliphatic rings. The normalized spacial score (nSPS) is 18.2. The van der Waals surface area contributed by atoms with Gasteiger partial charge in [-0.05, 0) is 42.9 Å². The van der Waals surface area contributed by atoms with Crippen molar-refractivity contribution in [3.63, 3.8) is 0 Å². The highest BCUT2D eigenvalue weighted by molar-refractivity contribution is 6.31. The monoisotopic (exact) mass is 281 g/mol. The molecule has 0 saturated heterocycles. The molecular formula is C16H24ClNO. The number of hydrogen-bond acceptors (Lipinski definition) is 2. The zero-order chi connectivity index (χ0) is 14.2. The summed E-state index contributed by atoms with van der Waals surface area (Å²) < 4.78 is 0. The fourth-order valence-corrected chi connectivity index (χ4v) is 3.66. The Kier molecular flexibility index (Phi) is 4.12. The van der Waals surface area contributed by atoms with E-state index in [0.29, 0.717) is 12.3 Å². The second kappa shape index (κ2) is 5.34. The molecule has 1 fully saturated rings. The lowest BCUT2D eigenvalue weighted by atomic mass is 9.75. The largest absolute Gasteiger partial charge is 0.507 e. The molecular weight excluding hydrogens is 258 g/mol. The predicted octanol–water partition coefficient (Wildman–Crippen LogP) is 4.25. The molecule has 0 atom stereocenters. The Morgan fingerprint density at radius 3 is 2.42 bits per heavy atom. The molecule has 3 heteroatoms. The fraction of sp³-hybridized carbons (Fsp3) is 0.625. The molecule has 0 radical (unpaired) electrons. The molecule has 0 aromatic heterocycles. The van der Waals surface area contributed by atoms with Crippen molar-refractivity contribution < 1.29 is 5.11 Å². The van der Waals surface area contributed by atoms with Gasteiger partial charge in [-0.15, -0.1) is 0 Å². The van der Waals surface area contributed by atoms with Crippen LogP contribution in [0.3, 0.4) is 0 Å². The molecule has 1 saturated carbocycles. The second-order valence-corrected chi connectivity index (χ2v) is 6.55. The van der Waals surface area contributed by atoms with Crippen LogP contribution in [-0.4, -0.2) is 11.7 Å². The minimum Gasteiger partial charge on any atom is -0.507 e. The molecule has 0 bridgehead atoms. The summed E-state index contributed by atoms with van der Waals surface area (Å²) in [6.07, 6.45) is 4.46. The molecule has 0 heterocycles. The molecule has 0 unspecified atom stereocenters. The molecule has 1 aromatic carbocycles. The summed E-state index contributed by atoms with van der Waals surface area (Å²) >= 11 is 6.38. The van der Waals surface area contributed by atoms with Gasteiger partial charge in [-0.3, -0.25) is 0 Å². The fourth-order valence-electron chi connectivity index (χ4n) is 3.45. The van der Waals surface area contributed by atoms with Crippen molar-refractivity contribution in [1.82, 2.24) is 0 Å². The highest BCUT2D eigenvalue weighted by atomic mass is 35.5. The number of rotatable bonds is 3. The van der Waals surface area contributed by atoms with Gasteiger partial charge in [-0.1, -0.05) is 38.3 Å². The Hall–Kier alpha value is -0.730. The molecule has 3 N–H and O–H groups in total. The standard InChI is InChI=1S/C16H24ClNO/c1-10(2)12-8-13(17)11(3)14(15(12)19)16(9-18)6-4-5-7-16/h8,10,19H,4-7,9,18H2,1-3H3. The Labute approximate surface area is 121 Å². The smallest absolute Gasteiger partial charge is 0.123 e. The van der Waals surface area contributed by atoms with Crippen LogP contribution in [0.25, 0.3) is 0 Å². The molecule has 0 amide bonds. The van der Waals surface area contributed by atoms with Crippen LogP contribution in [0.4, 0.5) is 0 Å². The van der Waals surface area contributed by atoms with Gasteiger partial charge in [-0.25, -0.2) is 0 Å². The summed E-state index contributed by atoms with van der Waals surface area (Å²) in [6.45, 7) is 6.74. The first-order valence-electron chi connectivity index (χ1n) is 7.15. The van der Waals surface area contributed by atoms with Crippen molar-refractivity contribution in [2.24, 2.45) is 5.73 Å². The average Bonchev–Trinajstić information content (AvgIpc) is 2.83. The van der Waals surface area contributed by atoms with Crippen molar-refractivity contribution in [2.45, 2.75) is 57.8 Å². The second-order valence-electron chi connectivity index (χ2n) is 6.14. The lowest BCUT2D eigenvalue weighted by Crippen LogP contribution is -2.33. The van der Waals surface area contributed by atoms with Crippen molar-refractivity contribution in [2.75, 3.05) is 6.54 Å². The van der Waals surface area contributed by atoms with Gasteiger partial charge in [0.2, 0.25) is 0 Å². The molecule has 0 aliphatic heterocycles. The van der Waals surface area contributed by atoms with Gasteiger partial charge < -0.3 is 10.8 Å². The number of phenolic OH excluding ortho intramolecular Hbond substituents is 1. The summed E-state index contributed by atoms with van der Waals surface area (Å²) in [5, 5.41) is 11.5. The van der Waals surface area contributed by atoms with E-state index in [9.17, 15) is 5.11 Å². The molecule has 19 heavy (non-hydrogen) atoms. The van der Waals surface area contributed by atoms with Gasteiger partial charge in [0, 0.05) is 22.5 Å². The highest BCUT2D eigenvalue weighted by Crippen LogP contribution is 2.48. The first kappa shape index (κ1) is 14.7. The lowest BCUT2D eigenvalue weighted by Gasteiger charge is -2.32. The Bertz CT molecular complexity index is 476. The SMILES string of the molecule is Cc1c(Cl)cc(C(C)C)c(O)c1C1(CN)CCCC1. The maximum Gasteiger partial charge on any atom is 0.123 e. The van der Waals surface area contributed by atoms with E-state index in [1.165, 1.54) is 12.8 Å².